The SMILES string of the molecule is CCC(NC(=O)c1occc1C)/C(N)=N/O. The monoisotopic (exact) mass is 225 g/mol. The molecule has 16 heavy (non-hydrogen) atoms. The van der Waals surface area contributed by atoms with Crippen LogP contribution in [0.3, 0.4) is 0 Å². The topological polar surface area (TPSA) is 101 Å². The van der Waals surface area contributed by atoms with Crippen LogP contribution in [0.4, 0.5) is 0 Å². The third-order valence-electron chi connectivity index (χ3n) is 2.25. The summed E-state index contributed by atoms with van der Waals surface area (Å²) >= 11 is 0. The summed E-state index contributed by atoms with van der Waals surface area (Å²) in [6.07, 6.45) is 1.97. The number of furan rings is 1. The molecule has 0 saturated heterocycles. The molecule has 1 rings (SSSR count). The van der Waals surface area contributed by atoms with Gasteiger partial charge in [-0.25, -0.2) is 0 Å². The lowest BCUT2D eigenvalue weighted by molar-refractivity contribution is 0.0917. The van der Waals surface area contributed by atoms with Gasteiger partial charge in [-0.15, -0.1) is 0 Å². The summed E-state index contributed by atoms with van der Waals surface area (Å²) in [4.78, 5) is 11.7. The Bertz CT molecular complexity index is 398. The number of carbonyl (C=O) groups is 1. The van der Waals surface area contributed by atoms with Crippen LogP contribution in [0.25, 0.3) is 0 Å². The second-order valence-electron chi connectivity index (χ2n) is 3.39. The fourth-order valence-corrected chi connectivity index (χ4v) is 1.28. The number of oxime groups is 1. The first-order valence-electron chi connectivity index (χ1n) is 4.92. The van der Waals surface area contributed by atoms with E-state index in [4.69, 9.17) is 15.4 Å². The minimum absolute atomic E-state index is 0.0277. The van der Waals surface area contributed by atoms with Crippen molar-refractivity contribution in [3.05, 3.63) is 23.7 Å². The molecule has 0 aliphatic heterocycles. The lowest BCUT2D eigenvalue weighted by Gasteiger charge is -2.14. The second kappa shape index (κ2) is 5.20. The second-order valence-corrected chi connectivity index (χ2v) is 3.39. The molecule has 1 aromatic heterocycles. The molecule has 0 aromatic carbocycles. The average Bonchev–Trinajstić information content (AvgIpc) is 2.71. The summed E-state index contributed by atoms with van der Waals surface area (Å²) in [5.41, 5.74) is 6.16. The first-order valence-corrected chi connectivity index (χ1v) is 4.92. The lowest BCUT2D eigenvalue weighted by atomic mass is 10.2. The number of nitrogens with zero attached hydrogens (tertiary/aromatic N) is 1. The Morgan fingerprint density at radius 3 is 2.88 bits per heavy atom. The number of hydrogen-bond acceptors (Lipinski definition) is 4. The number of amides is 1. The molecule has 88 valence electrons. The van der Waals surface area contributed by atoms with E-state index < -0.39 is 6.04 Å². The number of nitrogens with one attached hydrogen (secondary N) is 1. The summed E-state index contributed by atoms with van der Waals surface area (Å²) in [7, 11) is 0. The molecule has 1 unspecified atom stereocenters. The quantitative estimate of drug-likeness (QED) is 0.306. The highest BCUT2D eigenvalue weighted by Crippen LogP contribution is 2.08. The van der Waals surface area contributed by atoms with Crippen molar-refractivity contribution in [1.82, 2.24) is 5.32 Å². The van der Waals surface area contributed by atoms with Gasteiger partial charge in [0.1, 0.15) is 0 Å². The predicted molar refractivity (Wildman–Crippen MR) is 58.4 cm³/mol. The van der Waals surface area contributed by atoms with Crippen molar-refractivity contribution in [2.24, 2.45) is 10.9 Å². The van der Waals surface area contributed by atoms with Crippen molar-refractivity contribution in [2.45, 2.75) is 26.3 Å². The van der Waals surface area contributed by atoms with Gasteiger partial charge < -0.3 is 20.7 Å². The van der Waals surface area contributed by atoms with Crippen LogP contribution in [-0.2, 0) is 0 Å². The van der Waals surface area contributed by atoms with Crippen molar-refractivity contribution >= 4 is 11.7 Å². The van der Waals surface area contributed by atoms with Crippen LogP contribution in [0.2, 0.25) is 0 Å². The van der Waals surface area contributed by atoms with Gasteiger partial charge in [0.05, 0.1) is 12.3 Å². The number of nitrogens with two attached hydrogens (primary N) is 1. The number of aryl methyl sites for hydroxylation is 1. The molecule has 1 amide bonds. The van der Waals surface area contributed by atoms with E-state index in [1.807, 2.05) is 6.92 Å². The number of amidine groups is 1. The molecular weight excluding hydrogens is 210 g/mol. The van der Waals surface area contributed by atoms with E-state index in [1.54, 1.807) is 13.0 Å². The number of rotatable bonds is 4. The van der Waals surface area contributed by atoms with Crippen molar-refractivity contribution in [3.8, 4) is 0 Å². The third kappa shape index (κ3) is 2.53. The maximum absolute atomic E-state index is 11.7. The average molecular weight is 225 g/mol. The highest BCUT2D eigenvalue weighted by Gasteiger charge is 2.19. The van der Waals surface area contributed by atoms with Crippen molar-refractivity contribution < 1.29 is 14.4 Å². The summed E-state index contributed by atoms with van der Waals surface area (Å²) < 4.78 is 5.03. The lowest BCUT2D eigenvalue weighted by Crippen LogP contribution is -2.44. The fraction of sp³-hybridized carbons (Fsp3) is 0.400. The van der Waals surface area contributed by atoms with Crippen LogP contribution < -0.4 is 11.1 Å². The smallest absolute Gasteiger partial charge is 0.287 e. The molecule has 1 aromatic rings. The number of hydrogen-bond donors (Lipinski definition) is 3. The van der Waals surface area contributed by atoms with Gasteiger partial charge in [-0.3, -0.25) is 4.79 Å². The number of carbonyl (C=O) groups excluding carboxylic acids is 1. The van der Waals surface area contributed by atoms with E-state index in [9.17, 15) is 4.79 Å². The molecule has 1 atom stereocenters. The molecule has 6 heteroatoms. The van der Waals surface area contributed by atoms with Gasteiger partial charge in [0, 0.05) is 5.56 Å². The van der Waals surface area contributed by atoms with E-state index in [-0.39, 0.29) is 17.5 Å². The molecule has 0 bridgehead atoms. The van der Waals surface area contributed by atoms with E-state index in [1.165, 1.54) is 6.26 Å². The van der Waals surface area contributed by atoms with Gasteiger partial charge >= 0.3 is 0 Å². The van der Waals surface area contributed by atoms with Crippen molar-refractivity contribution in [1.29, 1.82) is 0 Å². The Morgan fingerprint density at radius 2 is 2.44 bits per heavy atom. The molecule has 0 fully saturated rings. The van der Waals surface area contributed by atoms with Crippen LogP contribution in [0.1, 0.15) is 29.5 Å². The molecule has 0 saturated carbocycles. The van der Waals surface area contributed by atoms with Gasteiger partial charge in [0.25, 0.3) is 5.91 Å². The molecule has 0 aliphatic carbocycles. The first-order chi connectivity index (χ1) is 7.60. The van der Waals surface area contributed by atoms with E-state index in [0.29, 0.717) is 6.42 Å². The van der Waals surface area contributed by atoms with Crippen molar-refractivity contribution in [2.75, 3.05) is 0 Å². The Labute approximate surface area is 93.1 Å². The van der Waals surface area contributed by atoms with E-state index in [0.717, 1.165) is 5.56 Å². The maximum Gasteiger partial charge on any atom is 0.287 e. The highest BCUT2D eigenvalue weighted by molar-refractivity contribution is 5.97. The Morgan fingerprint density at radius 1 is 1.75 bits per heavy atom. The van der Waals surface area contributed by atoms with Crippen LogP contribution in [0, 0.1) is 6.92 Å². The summed E-state index contributed by atoms with van der Waals surface area (Å²) in [6, 6.07) is 1.20. The molecule has 0 radical (unpaired) electrons. The molecule has 0 spiro atoms. The van der Waals surface area contributed by atoms with E-state index >= 15 is 0 Å². The highest BCUT2D eigenvalue weighted by atomic mass is 16.4. The van der Waals surface area contributed by atoms with Crippen LogP contribution in [-0.4, -0.2) is 23.0 Å². The summed E-state index contributed by atoms with van der Waals surface area (Å²) in [6.45, 7) is 3.58. The van der Waals surface area contributed by atoms with E-state index in [2.05, 4.69) is 10.5 Å². The zero-order valence-corrected chi connectivity index (χ0v) is 9.23. The molecule has 6 nitrogen and oxygen atoms in total. The molecule has 4 N–H and O–H groups in total. The molecular formula is C10H15N3O3. The van der Waals surface area contributed by atoms with Gasteiger partial charge in [-0.1, -0.05) is 12.1 Å². The standard InChI is InChI=1S/C10H15N3O3/c1-3-7(9(11)13-15)12-10(14)8-6(2)4-5-16-8/h4-5,7,15H,3H2,1-2H3,(H2,11,13)(H,12,14). The predicted octanol–water partition coefficient (Wildman–Crippen LogP) is 0.843. The Hall–Kier alpha value is -1.98. The Balaban J connectivity index is 2.74. The van der Waals surface area contributed by atoms with Crippen LogP contribution in [0.15, 0.2) is 21.9 Å². The van der Waals surface area contributed by atoms with Crippen molar-refractivity contribution in [3.63, 3.8) is 0 Å². The molecule has 0 aliphatic rings. The molecule has 1 heterocycles. The largest absolute Gasteiger partial charge is 0.459 e. The van der Waals surface area contributed by atoms with Gasteiger partial charge in [-0.05, 0) is 19.4 Å². The van der Waals surface area contributed by atoms with Gasteiger partial charge in [0.2, 0.25) is 0 Å². The third-order valence-corrected chi connectivity index (χ3v) is 2.25. The maximum atomic E-state index is 11.7. The normalized spacial score (nSPS) is 13.5. The summed E-state index contributed by atoms with van der Waals surface area (Å²) in [5, 5.41) is 14.0. The minimum Gasteiger partial charge on any atom is -0.459 e. The van der Waals surface area contributed by atoms with Gasteiger partial charge in [-0.2, -0.15) is 0 Å². The zero-order chi connectivity index (χ0) is 12.1. The first kappa shape index (κ1) is 12.1. The zero-order valence-electron chi connectivity index (χ0n) is 9.23. The van der Waals surface area contributed by atoms with Gasteiger partial charge in [0.15, 0.2) is 11.6 Å². The summed E-state index contributed by atoms with van der Waals surface area (Å²) in [5.74, 6) is -0.162. The van der Waals surface area contributed by atoms with Crippen LogP contribution in [0.5, 0.6) is 0 Å². The fourth-order valence-electron chi connectivity index (χ4n) is 1.28. The Kier molecular flexibility index (Phi) is 3.93. The van der Waals surface area contributed by atoms with Crippen LogP contribution >= 0.6 is 0 Å². The minimum atomic E-state index is -0.498.